The zero-order valence-corrected chi connectivity index (χ0v) is 27.5. The SMILES string of the molecule is CCOC(=O)C1=C(c2ccccc2)N=c2s/c(=C/c3cccc(OCc4ccccc4Cl)c3)c(=O)n2[C@H]1c1ccc(OC)c(OC)c1. The van der Waals surface area contributed by atoms with Crippen LogP contribution in [0.4, 0.5) is 0 Å². The molecule has 0 saturated heterocycles. The van der Waals surface area contributed by atoms with Gasteiger partial charge in [-0.05, 0) is 54.5 Å². The van der Waals surface area contributed by atoms with E-state index >= 15 is 0 Å². The van der Waals surface area contributed by atoms with Gasteiger partial charge in [-0.15, -0.1) is 0 Å². The summed E-state index contributed by atoms with van der Waals surface area (Å²) in [5.41, 5.74) is 3.38. The van der Waals surface area contributed by atoms with Crippen molar-refractivity contribution in [2.45, 2.75) is 19.6 Å². The van der Waals surface area contributed by atoms with Crippen LogP contribution in [-0.4, -0.2) is 31.4 Å². The number of hydrogen-bond donors (Lipinski definition) is 0. The van der Waals surface area contributed by atoms with Crippen molar-refractivity contribution < 1.29 is 23.7 Å². The molecule has 0 unspecified atom stereocenters. The number of hydrogen-bond acceptors (Lipinski definition) is 8. The fourth-order valence-corrected chi connectivity index (χ4v) is 6.59. The molecule has 1 aliphatic rings. The average Bonchev–Trinajstić information content (AvgIpc) is 3.41. The number of methoxy groups -OCH3 is 2. The van der Waals surface area contributed by atoms with Crippen molar-refractivity contribution in [2.75, 3.05) is 20.8 Å². The highest BCUT2D eigenvalue weighted by molar-refractivity contribution is 7.07. The van der Waals surface area contributed by atoms with E-state index in [0.29, 0.717) is 49.5 Å². The van der Waals surface area contributed by atoms with Crippen molar-refractivity contribution in [2.24, 2.45) is 4.99 Å². The summed E-state index contributed by atoms with van der Waals surface area (Å²) in [6.07, 6.45) is 1.80. The lowest BCUT2D eigenvalue weighted by Gasteiger charge is -2.26. The lowest BCUT2D eigenvalue weighted by atomic mass is 9.93. The number of ether oxygens (including phenoxy) is 4. The molecule has 0 spiro atoms. The molecule has 0 radical (unpaired) electrons. The molecule has 10 heteroatoms. The molecular formula is C37H31ClN2O6S. The molecule has 47 heavy (non-hydrogen) atoms. The Morgan fingerprint density at radius 1 is 0.936 bits per heavy atom. The Morgan fingerprint density at radius 2 is 1.70 bits per heavy atom. The lowest BCUT2D eigenvalue weighted by Crippen LogP contribution is -2.40. The van der Waals surface area contributed by atoms with Crippen LogP contribution in [0.15, 0.2) is 112 Å². The summed E-state index contributed by atoms with van der Waals surface area (Å²) < 4.78 is 24.6. The van der Waals surface area contributed by atoms with E-state index < -0.39 is 12.0 Å². The minimum atomic E-state index is -0.854. The molecule has 1 atom stereocenters. The van der Waals surface area contributed by atoms with E-state index in [1.807, 2.05) is 84.9 Å². The maximum atomic E-state index is 14.3. The third-order valence-corrected chi connectivity index (χ3v) is 8.96. The Bertz CT molecular complexity index is 2160. The molecule has 0 amide bonds. The van der Waals surface area contributed by atoms with Gasteiger partial charge in [0.15, 0.2) is 16.3 Å². The van der Waals surface area contributed by atoms with Gasteiger partial charge in [-0.25, -0.2) is 9.79 Å². The number of esters is 1. The van der Waals surface area contributed by atoms with Crippen molar-refractivity contribution in [3.05, 3.63) is 150 Å². The van der Waals surface area contributed by atoms with E-state index in [1.165, 1.54) is 18.4 Å². The van der Waals surface area contributed by atoms with Crippen LogP contribution in [0.3, 0.4) is 0 Å². The molecule has 0 saturated carbocycles. The molecule has 0 bridgehead atoms. The molecule has 0 aliphatic carbocycles. The molecule has 0 N–H and O–H groups in total. The Morgan fingerprint density at radius 3 is 2.45 bits per heavy atom. The fraction of sp³-hybridized carbons (Fsp3) is 0.162. The van der Waals surface area contributed by atoms with Crippen LogP contribution in [0.2, 0.25) is 5.02 Å². The van der Waals surface area contributed by atoms with Crippen LogP contribution < -0.4 is 29.1 Å². The maximum absolute atomic E-state index is 14.3. The summed E-state index contributed by atoms with van der Waals surface area (Å²) >= 11 is 7.55. The number of fused-ring (bicyclic) bond motifs is 1. The normalized spacial score (nSPS) is 14.3. The number of benzene rings is 4. The number of halogens is 1. The van der Waals surface area contributed by atoms with E-state index in [0.717, 1.165) is 16.7 Å². The minimum absolute atomic E-state index is 0.155. The third-order valence-electron chi connectivity index (χ3n) is 7.61. The van der Waals surface area contributed by atoms with Crippen LogP contribution in [0.25, 0.3) is 11.8 Å². The minimum Gasteiger partial charge on any atom is -0.493 e. The number of carbonyl (C=O) groups is 1. The molecule has 0 fully saturated rings. The second kappa shape index (κ2) is 14.1. The van der Waals surface area contributed by atoms with Gasteiger partial charge in [0, 0.05) is 16.1 Å². The second-order valence-electron chi connectivity index (χ2n) is 10.5. The maximum Gasteiger partial charge on any atom is 0.338 e. The predicted molar refractivity (Wildman–Crippen MR) is 183 cm³/mol. The van der Waals surface area contributed by atoms with E-state index in [2.05, 4.69) is 0 Å². The predicted octanol–water partition coefficient (Wildman–Crippen LogP) is 6.19. The third kappa shape index (κ3) is 6.58. The van der Waals surface area contributed by atoms with Crippen LogP contribution in [-0.2, 0) is 16.1 Å². The Balaban J connectivity index is 1.51. The average molecular weight is 667 g/mol. The van der Waals surface area contributed by atoms with Gasteiger partial charge in [-0.3, -0.25) is 9.36 Å². The number of thiazole rings is 1. The first-order valence-corrected chi connectivity index (χ1v) is 16.1. The van der Waals surface area contributed by atoms with Crippen molar-refractivity contribution in [3.8, 4) is 17.2 Å². The highest BCUT2D eigenvalue weighted by atomic mass is 35.5. The smallest absolute Gasteiger partial charge is 0.338 e. The topological polar surface area (TPSA) is 88.4 Å². The number of nitrogens with zero attached hydrogens (tertiary/aromatic N) is 2. The van der Waals surface area contributed by atoms with Crippen molar-refractivity contribution in [1.82, 2.24) is 4.57 Å². The van der Waals surface area contributed by atoms with Crippen molar-refractivity contribution >= 4 is 40.7 Å². The molecular weight excluding hydrogens is 636 g/mol. The molecule has 5 aromatic rings. The first-order chi connectivity index (χ1) is 22.9. The van der Waals surface area contributed by atoms with Gasteiger partial charge in [0.05, 0.1) is 42.7 Å². The van der Waals surface area contributed by atoms with Gasteiger partial charge >= 0.3 is 5.97 Å². The van der Waals surface area contributed by atoms with Crippen molar-refractivity contribution in [1.29, 1.82) is 0 Å². The zero-order valence-electron chi connectivity index (χ0n) is 25.9. The van der Waals surface area contributed by atoms with Crippen LogP contribution in [0.5, 0.6) is 17.2 Å². The van der Waals surface area contributed by atoms with E-state index in [-0.39, 0.29) is 17.7 Å². The summed E-state index contributed by atoms with van der Waals surface area (Å²) in [5, 5.41) is 0.630. The highest BCUT2D eigenvalue weighted by Gasteiger charge is 2.35. The molecule has 6 rings (SSSR count). The van der Waals surface area contributed by atoms with Crippen LogP contribution in [0, 0.1) is 0 Å². The van der Waals surface area contributed by atoms with Crippen LogP contribution >= 0.6 is 22.9 Å². The lowest BCUT2D eigenvalue weighted by molar-refractivity contribution is -0.138. The summed E-state index contributed by atoms with van der Waals surface area (Å²) in [6.45, 7) is 2.20. The van der Waals surface area contributed by atoms with Gasteiger partial charge in [0.25, 0.3) is 5.56 Å². The fourth-order valence-electron chi connectivity index (χ4n) is 5.40. The quantitative estimate of drug-likeness (QED) is 0.165. The highest BCUT2D eigenvalue weighted by Crippen LogP contribution is 2.38. The van der Waals surface area contributed by atoms with E-state index in [4.69, 9.17) is 35.5 Å². The Hall–Kier alpha value is -5.12. The number of rotatable bonds is 10. The Kier molecular flexibility index (Phi) is 9.56. The molecule has 2 heterocycles. The summed E-state index contributed by atoms with van der Waals surface area (Å²) in [7, 11) is 3.09. The van der Waals surface area contributed by atoms with E-state index in [1.54, 1.807) is 36.8 Å². The molecule has 8 nitrogen and oxygen atoms in total. The second-order valence-corrected chi connectivity index (χ2v) is 11.9. The number of carbonyl (C=O) groups excluding carboxylic acids is 1. The molecule has 1 aliphatic heterocycles. The zero-order chi connectivity index (χ0) is 32.9. The van der Waals surface area contributed by atoms with Gasteiger partial charge < -0.3 is 18.9 Å². The van der Waals surface area contributed by atoms with Gasteiger partial charge in [-0.2, -0.15) is 0 Å². The molecule has 1 aromatic heterocycles. The Labute approximate surface area is 280 Å². The van der Waals surface area contributed by atoms with Gasteiger partial charge in [0.2, 0.25) is 0 Å². The van der Waals surface area contributed by atoms with Crippen molar-refractivity contribution in [3.63, 3.8) is 0 Å². The number of aromatic nitrogens is 1. The molecule has 4 aromatic carbocycles. The molecule has 238 valence electrons. The summed E-state index contributed by atoms with van der Waals surface area (Å²) in [6, 6.07) is 28.9. The van der Waals surface area contributed by atoms with Gasteiger partial charge in [-0.1, -0.05) is 89.7 Å². The summed E-state index contributed by atoms with van der Waals surface area (Å²) in [5.74, 6) is 1.05. The summed E-state index contributed by atoms with van der Waals surface area (Å²) in [4.78, 5) is 33.4. The monoisotopic (exact) mass is 666 g/mol. The first-order valence-electron chi connectivity index (χ1n) is 14.9. The van der Waals surface area contributed by atoms with Gasteiger partial charge in [0.1, 0.15) is 12.4 Å². The van der Waals surface area contributed by atoms with Crippen LogP contribution in [0.1, 0.15) is 35.2 Å². The standard InChI is InChI=1S/C37H31ClN2O6S/c1-4-45-36(42)32-33(24-12-6-5-7-13-24)39-37-40(34(32)25-17-18-29(43-2)30(21-25)44-3)35(41)31(47-37)20-23-11-10-15-27(19-23)46-22-26-14-8-9-16-28(26)38/h5-21,34H,4,22H2,1-3H3/b31-20+/t34-/m0/s1. The largest absolute Gasteiger partial charge is 0.493 e. The first kappa shape index (κ1) is 31.8. The van der Waals surface area contributed by atoms with E-state index in [9.17, 15) is 9.59 Å².